The fourth-order valence-corrected chi connectivity index (χ4v) is 0. The molecule has 19 heteroatoms. The van der Waals surface area contributed by atoms with Gasteiger partial charge < -0.3 is 66.8 Å². The molecular weight excluding hydrogens is 1510 g/mol. The van der Waals surface area contributed by atoms with Gasteiger partial charge in [0.25, 0.3) is 0 Å². The molecule has 0 radical (unpaired) electrons. The van der Waals surface area contributed by atoms with Gasteiger partial charge >= 0.3 is 103 Å². The normalized spacial score (nSPS) is 10.7. The summed E-state index contributed by atoms with van der Waals surface area (Å²) < 4.78 is 0. The van der Waals surface area contributed by atoms with Crippen LogP contribution in [0.3, 0.4) is 0 Å². The molecular formula is C48H115Dy4K2O13-5. The number of rotatable bonds is 0. The van der Waals surface area contributed by atoms with Crippen LogP contribution in [0.1, 0.15) is 249 Å². The van der Waals surface area contributed by atoms with Gasteiger partial charge in [0, 0.05) is 153 Å². The molecule has 67 heavy (non-hydrogen) atoms. The zero-order valence-electron chi connectivity index (χ0n) is 50.8. The smallest absolute Gasteiger partial charge is 0.870 e. The summed E-state index contributed by atoms with van der Waals surface area (Å²) in [5, 5.41) is 112. The van der Waals surface area contributed by atoms with Gasteiger partial charge in [-0.3, -0.25) is 0 Å². The van der Waals surface area contributed by atoms with Gasteiger partial charge in [0.15, 0.2) is 0 Å². The van der Waals surface area contributed by atoms with Crippen LogP contribution >= 0.6 is 0 Å². The molecule has 0 rings (SSSR count). The average Bonchev–Trinajstić information content (AvgIpc) is 2.48. The summed E-state index contributed by atoms with van der Waals surface area (Å²) in [4.78, 5) is 0. The van der Waals surface area contributed by atoms with Crippen LogP contribution in [0.5, 0.6) is 0 Å². The molecule has 0 aliphatic heterocycles. The fourth-order valence-electron chi connectivity index (χ4n) is 0. The Morgan fingerprint density at radius 3 is 0.179 bits per heavy atom. The van der Waals surface area contributed by atoms with Crippen LogP contribution in [0.15, 0.2) is 0 Å². The molecule has 0 heterocycles. The second-order valence-electron chi connectivity index (χ2n) is 25.7. The Balaban J connectivity index is -0.0000000219. The van der Waals surface area contributed by atoms with Crippen LogP contribution in [0.2, 0.25) is 0 Å². The first-order chi connectivity index (χ1) is 24.0. The van der Waals surface area contributed by atoms with Gasteiger partial charge in [0.1, 0.15) is 0 Å². The van der Waals surface area contributed by atoms with Crippen molar-refractivity contribution in [2.24, 2.45) is 0 Å². The van der Waals surface area contributed by atoms with Crippen LogP contribution in [0.4, 0.5) is 0 Å². The van der Waals surface area contributed by atoms with Gasteiger partial charge in [-0.1, -0.05) is 125 Å². The van der Waals surface area contributed by atoms with Gasteiger partial charge in [0.2, 0.25) is 0 Å². The van der Waals surface area contributed by atoms with Gasteiger partial charge in [-0.05, 0) is 125 Å². The summed E-state index contributed by atoms with van der Waals surface area (Å²) in [6.07, 6.45) is 0. The van der Waals surface area contributed by atoms with E-state index in [9.17, 15) is 30.6 Å². The second-order valence-corrected chi connectivity index (χ2v) is 25.7. The molecule has 0 amide bonds. The van der Waals surface area contributed by atoms with E-state index in [-0.39, 0.29) is 261 Å². The van der Waals surface area contributed by atoms with Crippen molar-refractivity contribution < 1.29 is 322 Å². The van der Waals surface area contributed by atoms with Crippen LogP contribution in [-0.2, 0) is 0 Å². The summed E-state index contributed by atoms with van der Waals surface area (Å²) in [7, 11) is 0. The van der Waals surface area contributed by atoms with E-state index in [0.717, 1.165) is 0 Å². The van der Waals surface area contributed by atoms with Gasteiger partial charge in [-0.15, -0.1) is 33.6 Å². The Labute approximate surface area is 626 Å². The molecule has 0 unspecified atom stereocenters. The third kappa shape index (κ3) is 6200. The second kappa shape index (κ2) is 61.5. The van der Waals surface area contributed by atoms with Crippen molar-refractivity contribution >= 4 is 0 Å². The third-order valence-corrected chi connectivity index (χ3v) is 0. The first kappa shape index (κ1) is 131. The summed E-state index contributed by atoms with van der Waals surface area (Å²) in [6.45, 7) is 60.7. The number of hydrogen-bond acceptors (Lipinski definition) is 13. The Kier molecular flexibility index (Phi) is 120. The Bertz CT molecular complexity index is 524. The SMILES string of the molecule is CC(C)(C)O.CC(C)(C)O.CC(C)(C)O.CC(C)(C)O.CC(C)(C)O.CC(C)(C)O.CC(C)(C)[O-].CC(C)(C)[O-].CC(C)(C)[O-].CC(C)(C)[O-].CC(C)(C)[O-].CC(C)(C)[O-].[Dy].[Dy].[Dy].[Dy].[K+].[K+].[OH-]. The van der Waals surface area contributed by atoms with Crippen LogP contribution in [-0.4, -0.2) is 103 Å². The molecule has 0 saturated heterocycles. The largest absolute Gasteiger partial charge is 1.00 e. The maximum atomic E-state index is 10.1. The van der Waals surface area contributed by atoms with E-state index in [4.69, 9.17) is 30.6 Å². The van der Waals surface area contributed by atoms with Gasteiger partial charge in [-0.25, -0.2) is 0 Å². The molecule has 0 bridgehead atoms. The quantitative estimate of drug-likeness (QED) is 0.165. The predicted octanol–water partition coefficient (Wildman–Crippen LogP) is -0.634. The first-order valence-electron chi connectivity index (χ1n) is 20.6. The molecule has 13 nitrogen and oxygen atoms in total. The van der Waals surface area contributed by atoms with E-state index >= 15 is 0 Å². The third-order valence-electron chi connectivity index (χ3n) is 0. The molecule has 0 fully saturated rings. The van der Waals surface area contributed by atoms with E-state index in [1.165, 1.54) is 0 Å². The minimum Gasteiger partial charge on any atom is -0.870 e. The van der Waals surface area contributed by atoms with Crippen molar-refractivity contribution in [1.29, 1.82) is 0 Å². The van der Waals surface area contributed by atoms with E-state index in [2.05, 4.69) is 0 Å². The maximum Gasteiger partial charge on any atom is 1.00 e. The summed E-state index contributed by atoms with van der Waals surface area (Å²) in [5.41, 5.74) is -7.50. The van der Waals surface area contributed by atoms with Crippen molar-refractivity contribution in [3.63, 3.8) is 0 Å². The molecule has 7 N–H and O–H groups in total. The molecule has 0 aromatic carbocycles. The Hall–Kier alpha value is 7.84. The molecule has 432 valence electrons. The van der Waals surface area contributed by atoms with E-state index < -0.39 is 67.2 Å². The van der Waals surface area contributed by atoms with Crippen LogP contribution in [0.25, 0.3) is 0 Å². The monoisotopic (exact) mass is 1630 g/mol. The summed E-state index contributed by atoms with van der Waals surface area (Å²) in [6, 6.07) is 0. The van der Waals surface area contributed by atoms with Crippen molar-refractivity contribution in [1.82, 2.24) is 0 Å². The molecule has 0 spiro atoms. The minimum absolute atomic E-state index is 0. The minimum atomic E-state index is -0.750. The summed E-state index contributed by atoms with van der Waals surface area (Å²) >= 11 is 0. The van der Waals surface area contributed by atoms with Gasteiger partial charge in [0.05, 0.1) is 33.6 Å². The Morgan fingerprint density at radius 1 is 0.179 bits per heavy atom. The molecule has 0 aliphatic rings. The van der Waals surface area contributed by atoms with Crippen molar-refractivity contribution in [2.45, 2.75) is 316 Å². The fraction of sp³-hybridized carbons (Fsp3) is 1.00. The molecule has 0 aromatic heterocycles. The number of hydrogen-bond donors (Lipinski definition) is 6. The summed E-state index contributed by atoms with van der Waals surface area (Å²) in [5.74, 6) is 0. The van der Waals surface area contributed by atoms with E-state index in [1.807, 2.05) is 0 Å². The van der Waals surface area contributed by atoms with E-state index in [0.29, 0.717) is 0 Å². The molecule has 0 aromatic rings. The molecule has 0 saturated carbocycles. The molecule has 0 atom stereocenters. The van der Waals surface area contributed by atoms with Crippen LogP contribution in [0, 0.1) is 153 Å². The zero-order valence-corrected chi connectivity index (χ0v) is 65.2. The number of aliphatic hydroxyl groups is 6. The van der Waals surface area contributed by atoms with Crippen molar-refractivity contribution in [3.8, 4) is 0 Å². The van der Waals surface area contributed by atoms with Crippen molar-refractivity contribution in [3.05, 3.63) is 0 Å². The molecule has 0 aliphatic carbocycles. The zero-order chi connectivity index (χ0) is 54.0. The predicted molar refractivity (Wildman–Crippen MR) is 252 cm³/mol. The van der Waals surface area contributed by atoms with E-state index in [1.54, 1.807) is 249 Å². The van der Waals surface area contributed by atoms with Gasteiger partial charge in [-0.2, -0.15) is 0 Å². The van der Waals surface area contributed by atoms with Crippen molar-refractivity contribution in [2.75, 3.05) is 0 Å². The standard InChI is InChI=1S/6C4H10O.6C4H9O.4Dy.2K.H2O/c12*1-4(2,3)5;;;;;;;/h6*5H,1-3H3;6*1-3H3;;;;;;;1H2/q;;;;;;6*-1;;;;;2*+1;/p-1. The first-order valence-corrected chi connectivity index (χ1v) is 20.6. The van der Waals surface area contributed by atoms with Crippen LogP contribution < -0.4 is 133 Å². The topological polar surface area (TPSA) is 290 Å². The maximum absolute atomic E-state index is 10.1. The Morgan fingerprint density at radius 2 is 0.179 bits per heavy atom. The average molecular weight is 1630 g/mol.